The summed E-state index contributed by atoms with van der Waals surface area (Å²) in [4.78, 5) is 41.0. The van der Waals surface area contributed by atoms with Crippen molar-refractivity contribution >= 4 is 40.5 Å². The summed E-state index contributed by atoms with van der Waals surface area (Å²) in [5, 5.41) is 25.6. The fourth-order valence-electron chi connectivity index (χ4n) is 2.69. The second-order valence-electron chi connectivity index (χ2n) is 6.40. The maximum Gasteiger partial charge on any atom is 0.354 e. The van der Waals surface area contributed by atoms with Crippen LogP contribution in [0.2, 0.25) is 5.02 Å². The summed E-state index contributed by atoms with van der Waals surface area (Å²) < 4.78 is 0. The van der Waals surface area contributed by atoms with Crippen molar-refractivity contribution in [2.75, 3.05) is 10.7 Å². The zero-order chi connectivity index (χ0) is 23.1. The van der Waals surface area contributed by atoms with Crippen LogP contribution >= 0.6 is 11.6 Å². The highest BCUT2D eigenvalue weighted by Crippen LogP contribution is 2.29. The minimum atomic E-state index is -0.681. The predicted molar refractivity (Wildman–Crippen MR) is 116 cm³/mol. The molecule has 1 amide bonds. The lowest BCUT2D eigenvalue weighted by Gasteiger charge is -2.11. The first kappa shape index (κ1) is 22.4. The largest absolute Gasteiger partial charge is 0.360 e. The van der Waals surface area contributed by atoms with Crippen molar-refractivity contribution in [1.82, 2.24) is 15.4 Å². The number of nitro groups is 2. The van der Waals surface area contributed by atoms with Crippen molar-refractivity contribution < 1.29 is 14.6 Å². The van der Waals surface area contributed by atoms with Gasteiger partial charge in [-0.1, -0.05) is 41.9 Å². The van der Waals surface area contributed by atoms with Gasteiger partial charge in [-0.2, -0.15) is 0 Å². The molecule has 0 bridgehead atoms. The number of aromatic nitrogens is 2. The molecule has 12 nitrogen and oxygen atoms in total. The Bertz CT molecular complexity index is 1160. The minimum absolute atomic E-state index is 0.0583. The Hall–Kier alpha value is -4.32. The summed E-state index contributed by atoms with van der Waals surface area (Å²) >= 11 is 6.10. The standard InChI is InChI=1S/C19H16ClN7O5/c20-15-4-2-1-3-13(15)10-21-18-17(27(31)32)19(23-11-22-18)25-24-16(28)9-12-5-7-14(8-6-12)26(29)30/h1-8,11H,9-10H2,(H,24,28)(H2,21,22,23,25). The van der Waals surface area contributed by atoms with Crippen LogP contribution in [0.1, 0.15) is 11.1 Å². The van der Waals surface area contributed by atoms with E-state index in [1.807, 2.05) is 0 Å². The van der Waals surface area contributed by atoms with Crippen LogP contribution in [0.25, 0.3) is 0 Å². The quantitative estimate of drug-likeness (QED) is 0.323. The molecule has 164 valence electrons. The molecule has 0 fully saturated rings. The first-order valence-electron chi connectivity index (χ1n) is 9.10. The van der Waals surface area contributed by atoms with E-state index in [2.05, 4.69) is 26.1 Å². The molecule has 0 saturated carbocycles. The number of carbonyl (C=O) groups is 1. The average molecular weight is 458 g/mol. The maximum atomic E-state index is 12.2. The molecule has 0 aliphatic heterocycles. The molecular weight excluding hydrogens is 442 g/mol. The topological polar surface area (TPSA) is 165 Å². The molecule has 13 heteroatoms. The number of halogens is 1. The molecule has 32 heavy (non-hydrogen) atoms. The van der Waals surface area contributed by atoms with Crippen LogP contribution in [0.3, 0.4) is 0 Å². The van der Waals surface area contributed by atoms with Crippen molar-refractivity contribution in [3.63, 3.8) is 0 Å². The molecule has 3 N–H and O–H groups in total. The Morgan fingerprint density at radius 1 is 0.969 bits per heavy atom. The molecule has 0 aliphatic carbocycles. The second kappa shape index (κ2) is 10.1. The molecule has 1 aromatic heterocycles. The molecule has 0 radical (unpaired) electrons. The Morgan fingerprint density at radius 3 is 2.31 bits per heavy atom. The van der Waals surface area contributed by atoms with E-state index >= 15 is 0 Å². The van der Waals surface area contributed by atoms with E-state index in [0.29, 0.717) is 16.1 Å². The second-order valence-corrected chi connectivity index (χ2v) is 6.80. The lowest BCUT2D eigenvalue weighted by molar-refractivity contribution is -0.384. The number of benzene rings is 2. The van der Waals surface area contributed by atoms with Crippen LogP contribution in [-0.4, -0.2) is 25.7 Å². The zero-order valence-corrected chi connectivity index (χ0v) is 17.1. The lowest BCUT2D eigenvalue weighted by Crippen LogP contribution is -2.31. The molecule has 0 atom stereocenters. The number of rotatable bonds is 9. The van der Waals surface area contributed by atoms with E-state index in [1.54, 1.807) is 24.3 Å². The molecule has 2 aromatic carbocycles. The summed E-state index contributed by atoms with van der Waals surface area (Å²) in [6.45, 7) is 0.184. The summed E-state index contributed by atoms with van der Waals surface area (Å²) in [6.07, 6.45) is 0.994. The highest BCUT2D eigenvalue weighted by Gasteiger charge is 2.23. The van der Waals surface area contributed by atoms with Crippen molar-refractivity contribution in [2.24, 2.45) is 0 Å². The number of hydrazine groups is 1. The van der Waals surface area contributed by atoms with Gasteiger partial charge in [-0.25, -0.2) is 9.97 Å². The van der Waals surface area contributed by atoms with Crippen LogP contribution < -0.4 is 16.2 Å². The third-order valence-corrected chi connectivity index (χ3v) is 4.61. The van der Waals surface area contributed by atoms with Gasteiger partial charge in [-0.05, 0) is 17.2 Å². The maximum absolute atomic E-state index is 12.2. The van der Waals surface area contributed by atoms with Crippen molar-refractivity contribution in [3.05, 3.63) is 91.2 Å². The van der Waals surface area contributed by atoms with E-state index in [-0.39, 0.29) is 30.3 Å². The van der Waals surface area contributed by atoms with Gasteiger partial charge in [0.1, 0.15) is 6.33 Å². The number of non-ortho nitro benzene ring substituents is 1. The Kier molecular flexibility index (Phi) is 7.08. The van der Waals surface area contributed by atoms with Crippen LogP contribution in [0.5, 0.6) is 0 Å². The first-order chi connectivity index (χ1) is 15.3. The summed E-state index contributed by atoms with van der Waals surface area (Å²) in [7, 11) is 0. The Balaban J connectivity index is 1.67. The number of nitrogens with zero attached hydrogens (tertiary/aromatic N) is 4. The molecule has 3 rings (SSSR count). The third kappa shape index (κ3) is 5.64. The monoisotopic (exact) mass is 457 g/mol. The zero-order valence-electron chi connectivity index (χ0n) is 16.3. The number of nitro benzene ring substituents is 1. The minimum Gasteiger partial charge on any atom is -0.360 e. The van der Waals surface area contributed by atoms with Gasteiger partial charge >= 0.3 is 5.69 Å². The van der Waals surface area contributed by atoms with Gasteiger partial charge in [0, 0.05) is 23.7 Å². The van der Waals surface area contributed by atoms with Gasteiger partial charge in [0.25, 0.3) is 5.69 Å². The molecule has 0 aliphatic rings. The number of amides is 1. The van der Waals surface area contributed by atoms with Crippen LogP contribution in [-0.2, 0) is 17.8 Å². The highest BCUT2D eigenvalue weighted by molar-refractivity contribution is 6.31. The summed E-state index contributed by atoms with van der Waals surface area (Å²) in [5.41, 5.74) is 5.43. The van der Waals surface area contributed by atoms with Gasteiger partial charge in [0.15, 0.2) is 0 Å². The summed E-state index contributed by atoms with van der Waals surface area (Å²) in [6, 6.07) is 12.5. The van der Waals surface area contributed by atoms with E-state index in [9.17, 15) is 25.0 Å². The number of anilines is 2. The Labute approximate surface area is 185 Å². The van der Waals surface area contributed by atoms with E-state index < -0.39 is 21.4 Å². The van der Waals surface area contributed by atoms with Crippen LogP contribution in [0.15, 0.2) is 54.9 Å². The molecule has 0 unspecified atom stereocenters. The summed E-state index contributed by atoms with van der Waals surface area (Å²) in [5.74, 6) is -0.807. The van der Waals surface area contributed by atoms with Crippen LogP contribution in [0, 0.1) is 20.2 Å². The van der Waals surface area contributed by atoms with Gasteiger partial charge in [-0.15, -0.1) is 0 Å². The first-order valence-corrected chi connectivity index (χ1v) is 9.48. The Morgan fingerprint density at radius 2 is 1.66 bits per heavy atom. The van der Waals surface area contributed by atoms with Crippen molar-refractivity contribution in [1.29, 1.82) is 0 Å². The SMILES string of the molecule is O=C(Cc1ccc([N+](=O)[O-])cc1)NNc1ncnc(NCc2ccccc2Cl)c1[N+](=O)[O-]. The van der Waals surface area contributed by atoms with E-state index in [4.69, 9.17) is 11.6 Å². The van der Waals surface area contributed by atoms with Crippen LogP contribution in [0.4, 0.5) is 23.0 Å². The number of hydrogen-bond donors (Lipinski definition) is 3. The molecule has 0 spiro atoms. The van der Waals surface area contributed by atoms with E-state index in [1.165, 1.54) is 24.3 Å². The van der Waals surface area contributed by atoms with Crippen molar-refractivity contribution in [2.45, 2.75) is 13.0 Å². The molecule has 0 saturated heterocycles. The van der Waals surface area contributed by atoms with Gasteiger partial charge in [0.2, 0.25) is 17.5 Å². The van der Waals surface area contributed by atoms with Gasteiger partial charge in [-0.3, -0.25) is 35.9 Å². The lowest BCUT2D eigenvalue weighted by atomic mass is 10.1. The predicted octanol–water partition coefficient (Wildman–Crippen LogP) is 3.24. The van der Waals surface area contributed by atoms with Gasteiger partial charge in [0.05, 0.1) is 16.3 Å². The van der Waals surface area contributed by atoms with Gasteiger partial charge < -0.3 is 5.32 Å². The number of hydrogen-bond acceptors (Lipinski definition) is 9. The normalized spacial score (nSPS) is 10.3. The van der Waals surface area contributed by atoms with E-state index in [0.717, 1.165) is 6.33 Å². The number of carbonyl (C=O) groups excluding carboxylic acids is 1. The fourth-order valence-corrected chi connectivity index (χ4v) is 2.89. The molecular formula is C19H16ClN7O5. The average Bonchev–Trinajstić information content (AvgIpc) is 2.77. The molecule has 3 aromatic rings. The highest BCUT2D eigenvalue weighted by atomic mass is 35.5. The third-order valence-electron chi connectivity index (χ3n) is 4.24. The number of nitrogens with one attached hydrogen (secondary N) is 3. The molecule has 1 heterocycles. The fraction of sp³-hybridized carbons (Fsp3) is 0.105. The smallest absolute Gasteiger partial charge is 0.354 e. The van der Waals surface area contributed by atoms with Crippen molar-refractivity contribution in [3.8, 4) is 0 Å².